The van der Waals surface area contributed by atoms with E-state index in [9.17, 15) is 15.0 Å². The highest BCUT2D eigenvalue weighted by Crippen LogP contribution is 2.22. The molecule has 2 aromatic carbocycles. The number of imidazole rings is 1. The monoisotopic (exact) mass is 414 g/mol. The quantitative estimate of drug-likeness (QED) is 0.545. The molecule has 0 radical (unpaired) electrons. The first-order valence-corrected chi connectivity index (χ1v) is 9.78. The van der Waals surface area contributed by atoms with Crippen molar-refractivity contribution < 1.29 is 19.7 Å². The third-order valence-corrected chi connectivity index (χ3v) is 5.00. The van der Waals surface area contributed by atoms with Crippen LogP contribution in [-0.4, -0.2) is 25.7 Å². The van der Waals surface area contributed by atoms with Gasteiger partial charge in [-0.3, -0.25) is 0 Å². The highest BCUT2D eigenvalue weighted by Gasteiger charge is 2.15. The Balaban J connectivity index is 1.70. The van der Waals surface area contributed by atoms with E-state index in [4.69, 9.17) is 16.3 Å². The number of aromatic carboxylic acids is 1. The van der Waals surface area contributed by atoms with E-state index in [0.717, 1.165) is 24.2 Å². The molecule has 1 heterocycles. The molecule has 0 saturated heterocycles. The molecule has 0 amide bonds. The maximum absolute atomic E-state index is 11.3. The number of carboxylic acid groups (broad SMARTS) is 1. The smallest absolute Gasteiger partial charge is 0.336 e. The minimum Gasteiger partial charge on any atom is -0.489 e. The molecule has 0 fully saturated rings. The maximum Gasteiger partial charge on any atom is 0.336 e. The molecule has 0 aliphatic carbocycles. The van der Waals surface area contributed by atoms with E-state index in [-0.39, 0.29) is 18.8 Å². The Morgan fingerprint density at radius 3 is 2.55 bits per heavy atom. The molecule has 0 spiro atoms. The highest BCUT2D eigenvalue weighted by atomic mass is 35.5. The van der Waals surface area contributed by atoms with Crippen molar-refractivity contribution in [3.63, 3.8) is 0 Å². The second kappa shape index (κ2) is 9.58. The minimum absolute atomic E-state index is 0.176. The number of aliphatic hydroxyl groups excluding tert-OH is 1. The van der Waals surface area contributed by atoms with Crippen LogP contribution >= 0.6 is 11.6 Å². The number of hydrogen-bond acceptors (Lipinski definition) is 4. The number of halogens is 1. The Labute approximate surface area is 174 Å². The minimum atomic E-state index is -0.970. The molecule has 0 aliphatic heterocycles. The molecule has 1 aromatic heterocycles. The van der Waals surface area contributed by atoms with Gasteiger partial charge in [-0.1, -0.05) is 48.9 Å². The summed E-state index contributed by atoms with van der Waals surface area (Å²) in [5.41, 5.74) is 2.37. The Bertz CT molecular complexity index is 983. The van der Waals surface area contributed by atoms with Crippen molar-refractivity contribution >= 4 is 17.6 Å². The van der Waals surface area contributed by atoms with Crippen molar-refractivity contribution in [1.82, 2.24) is 9.55 Å². The van der Waals surface area contributed by atoms with E-state index < -0.39 is 5.97 Å². The van der Waals surface area contributed by atoms with Crippen LogP contribution in [0, 0.1) is 0 Å². The van der Waals surface area contributed by atoms with Crippen LogP contribution in [0.2, 0.25) is 5.15 Å². The zero-order valence-electron chi connectivity index (χ0n) is 16.1. The highest BCUT2D eigenvalue weighted by molar-refractivity contribution is 6.30. The van der Waals surface area contributed by atoms with Crippen molar-refractivity contribution in [3.05, 3.63) is 81.9 Å². The molecule has 0 saturated carbocycles. The largest absolute Gasteiger partial charge is 0.489 e. The normalized spacial score (nSPS) is 10.9. The molecule has 2 N–H and O–H groups in total. The molecule has 3 rings (SSSR count). The number of carbonyl (C=O) groups is 1. The summed E-state index contributed by atoms with van der Waals surface area (Å²) < 4.78 is 7.67. The molecule has 0 bridgehead atoms. The molecule has 6 nitrogen and oxygen atoms in total. The summed E-state index contributed by atoms with van der Waals surface area (Å²) in [7, 11) is 0. The second-order valence-electron chi connectivity index (χ2n) is 6.65. The predicted octanol–water partition coefficient (Wildman–Crippen LogP) is 4.31. The number of carboxylic acids is 1. The second-order valence-corrected chi connectivity index (χ2v) is 7.01. The van der Waals surface area contributed by atoms with Gasteiger partial charge in [-0.05, 0) is 30.2 Å². The van der Waals surface area contributed by atoms with Crippen LogP contribution in [0.25, 0.3) is 0 Å². The lowest BCUT2D eigenvalue weighted by Gasteiger charge is -2.11. The summed E-state index contributed by atoms with van der Waals surface area (Å²) >= 11 is 6.37. The number of nitrogens with zero attached hydrogens (tertiary/aromatic N) is 2. The first-order valence-electron chi connectivity index (χ1n) is 9.41. The Hall–Kier alpha value is -2.83. The zero-order chi connectivity index (χ0) is 20.8. The molecule has 152 valence electrons. The molecule has 3 aromatic rings. The van der Waals surface area contributed by atoms with E-state index in [1.165, 1.54) is 0 Å². The number of benzene rings is 2. The van der Waals surface area contributed by atoms with Crippen molar-refractivity contribution in [2.45, 2.75) is 39.5 Å². The summed E-state index contributed by atoms with van der Waals surface area (Å²) in [6.45, 7) is 2.60. The van der Waals surface area contributed by atoms with Crippen molar-refractivity contribution in [1.29, 1.82) is 0 Å². The summed E-state index contributed by atoms with van der Waals surface area (Å²) in [6.07, 6.45) is 1.71. The van der Waals surface area contributed by atoms with Crippen LogP contribution < -0.4 is 4.74 Å². The Morgan fingerprint density at radius 1 is 1.17 bits per heavy atom. The van der Waals surface area contributed by atoms with Gasteiger partial charge in [0.05, 0.1) is 18.7 Å². The van der Waals surface area contributed by atoms with E-state index in [0.29, 0.717) is 28.7 Å². The molecule has 0 unspecified atom stereocenters. The number of aryl methyl sites for hydroxylation is 1. The van der Waals surface area contributed by atoms with Gasteiger partial charge in [0.25, 0.3) is 0 Å². The van der Waals surface area contributed by atoms with E-state index in [1.807, 2.05) is 28.8 Å². The van der Waals surface area contributed by atoms with Gasteiger partial charge < -0.3 is 19.5 Å². The lowest BCUT2D eigenvalue weighted by atomic mass is 10.1. The standard InChI is InChI=1S/C22H23ClN2O4/c1-2-5-20-24-19(13-26)21(23)25(20)12-15-8-10-17(11-9-15)29-14-16-6-3-4-7-18(16)22(27)28/h3-4,6-11,26H,2,5,12-14H2,1H3,(H,27,28). The SMILES string of the molecule is CCCc1nc(CO)c(Cl)n1Cc1ccc(OCc2ccccc2C(=O)O)cc1. The first kappa shape index (κ1) is 20.9. The summed E-state index contributed by atoms with van der Waals surface area (Å²) in [6, 6.07) is 14.3. The predicted molar refractivity (Wildman–Crippen MR) is 110 cm³/mol. The van der Waals surface area contributed by atoms with Crippen LogP contribution in [0.1, 0.15) is 46.3 Å². The summed E-state index contributed by atoms with van der Waals surface area (Å²) in [5, 5.41) is 19.1. The number of ether oxygens (including phenoxy) is 1. The van der Waals surface area contributed by atoms with Gasteiger partial charge in [0.1, 0.15) is 29.0 Å². The topological polar surface area (TPSA) is 84.6 Å². The third-order valence-electron chi connectivity index (χ3n) is 4.58. The van der Waals surface area contributed by atoms with Gasteiger partial charge in [-0.2, -0.15) is 0 Å². The van der Waals surface area contributed by atoms with Gasteiger partial charge in [0.15, 0.2) is 0 Å². The fraction of sp³-hybridized carbons (Fsp3) is 0.273. The van der Waals surface area contributed by atoms with Crippen molar-refractivity contribution in [3.8, 4) is 5.75 Å². The van der Waals surface area contributed by atoms with Gasteiger partial charge in [-0.15, -0.1) is 0 Å². The number of rotatable bonds is 9. The van der Waals surface area contributed by atoms with Crippen LogP contribution in [-0.2, 0) is 26.2 Å². The lowest BCUT2D eigenvalue weighted by Crippen LogP contribution is -2.06. The van der Waals surface area contributed by atoms with Crippen LogP contribution in [0.5, 0.6) is 5.75 Å². The van der Waals surface area contributed by atoms with E-state index in [2.05, 4.69) is 11.9 Å². The maximum atomic E-state index is 11.3. The third kappa shape index (κ3) is 4.96. The van der Waals surface area contributed by atoms with Crippen molar-refractivity contribution in [2.24, 2.45) is 0 Å². The Kier molecular flexibility index (Phi) is 6.90. The summed E-state index contributed by atoms with van der Waals surface area (Å²) in [5.74, 6) is 0.532. The number of aromatic nitrogens is 2. The fourth-order valence-corrected chi connectivity index (χ4v) is 3.36. The van der Waals surface area contributed by atoms with Crippen molar-refractivity contribution in [2.75, 3.05) is 0 Å². The van der Waals surface area contributed by atoms with Crippen LogP contribution in [0.15, 0.2) is 48.5 Å². The fourth-order valence-electron chi connectivity index (χ4n) is 3.10. The van der Waals surface area contributed by atoms with Crippen LogP contribution in [0.4, 0.5) is 0 Å². The average molecular weight is 415 g/mol. The summed E-state index contributed by atoms with van der Waals surface area (Å²) in [4.78, 5) is 15.7. The molecule has 0 aliphatic rings. The molecular weight excluding hydrogens is 392 g/mol. The number of aliphatic hydroxyl groups is 1. The number of hydrogen-bond donors (Lipinski definition) is 2. The Morgan fingerprint density at radius 2 is 1.90 bits per heavy atom. The molecule has 7 heteroatoms. The van der Waals surface area contributed by atoms with E-state index >= 15 is 0 Å². The molecule has 29 heavy (non-hydrogen) atoms. The first-order chi connectivity index (χ1) is 14.0. The van der Waals surface area contributed by atoms with Crippen LogP contribution in [0.3, 0.4) is 0 Å². The van der Waals surface area contributed by atoms with Gasteiger partial charge in [0, 0.05) is 12.0 Å². The lowest BCUT2D eigenvalue weighted by molar-refractivity contribution is 0.0694. The average Bonchev–Trinajstić information content (AvgIpc) is 3.02. The molecule has 0 atom stereocenters. The van der Waals surface area contributed by atoms with Gasteiger partial charge in [0.2, 0.25) is 0 Å². The van der Waals surface area contributed by atoms with E-state index in [1.54, 1.807) is 24.3 Å². The van der Waals surface area contributed by atoms with Gasteiger partial charge in [-0.25, -0.2) is 9.78 Å². The van der Waals surface area contributed by atoms with Gasteiger partial charge >= 0.3 is 5.97 Å². The zero-order valence-corrected chi connectivity index (χ0v) is 16.9. The molecular formula is C22H23ClN2O4.